The quantitative estimate of drug-likeness (QED) is 0.732. The molecule has 2 rings (SSSR count). The molecule has 0 aliphatic heterocycles. The lowest BCUT2D eigenvalue weighted by molar-refractivity contribution is 0.239. The fraction of sp³-hybridized carbons (Fsp3) is 0. The fourth-order valence-electron chi connectivity index (χ4n) is 1.13. The van der Waals surface area contributed by atoms with E-state index in [9.17, 15) is 8.42 Å². The lowest BCUT2D eigenvalue weighted by atomic mass is 10.3. The van der Waals surface area contributed by atoms with Crippen molar-refractivity contribution in [3.05, 3.63) is 30.3 Å². The standard InChI is InChI=1S/C8H7NO4S/c10-9-14(11,12)8-5-6-3-1-2-4-7(6)13-8/h1-5,9-10H. The van der Waals surface area contributed by atoms with E-state index >= 15 is 0 Å². The summed E-state index contributed by atoms with van der Waals surface area (Å²) >= 11 is 0. The van der Waals surface area contributed by atoms with Crippen LogP contribution in [-0.2, 0) is 10.0 Å². The minimum Gasteiger partial charge on any atom is -0.443 e. The Morgan fingerprint density at radius 3 is 2.64 bits per heavy atom. The first kappa shape index (κ1) is 9.20. The van der Waals surface area contributed by atoms with Crippen molar-refractivity contribution in [3.8, 4) is 0 Å². The second-order valence-electron chi connectivity index (χ2n) is 2.70. The maximum atomic E-state index is 11.1. The number of rotatable bonds is 2. The molecule has 5 nitrogen and oxygen atoms in total. The van der Waals surface area contributed by atoms with Crippen LogP contribution in [0.25, 0.3) is 11.0 Å². The van der Waals surface area contributed by atoms with Gasteiger partial charge in [0.05, 0.1) is 0 Å². The Morgan fingerprint density at radius 1 is 1.29 bits per heavy atom. The van der Waals surface area contributed by atoms with Gasteiger partial charge in [-0.05, 0) is 6.07 Å². The van der Waals surface area contributed by atoms with Gasteiger partial charge in [0.1, 0.15) is 5.58 Å². The van der Waals surface area contributed by atoms with Gasteiger partial charge in [0.2, 0.25) is 5.09 Å². The van der Waals surface area contributed by atoms with Crippen LogP contribution < -0.4 is 4.89 Å². The molecule has 1 aromatic heterocycles. The molecule has 0 aliphatic carbocycles. The minimum absolute atomic E-state index is 0.304. The molecule has 0 unspecified atom stereocenters. The molecule has 2 aromatic rings. The van der Waals surface area contributed by atoms with Gasteiger partial charge in [-0.2, -0.15) is 0 Å². The van der Waals surface area contributed by atoms with Crippen LogP contribution in [-0.4, -0.2) is 13.6 Å². The highest BCUT2D eigenvalue weighted by atomic mass is 32.2. The maximum absolute atomic E-state index is 11.1. The smallest absolute Gasteiger partial charge is 0.295 e. The molecule has 6 heteroatoms. The highest BCUT2D eigenvalue weighted by Gasteiger charge is 2.17. The summed E-state index contributed by atoms with van der Waals surface area (Å²) in [6.45, 7) is 0. The number of nitrogens with one attached hydrogen (secondary N) is 1. The van der Waals surface area contributed by atoms with Crippen LogP contribution in [0.3, 0.4) is 0 Å². The molecule has 14 heavy (non-hydrogen) atoms. The molecule has 0 saturated heterocycles. The zero-order valence-corrected chi connectivity index (χ0v) is 7.78. The summed E-state index contributed by atoms with van der Waals surface area (Å²) in [7, 11) is -3.92. The highest BCUT2D eigenvalue weighted by Crippen LogP contribution is 2.21. The number of sulfonamides is 1. The summed E-state index contributed by atoms with van der Waals surface area (Å²) in [6, 6.07) is 8.20. The summed E-state index contributed by atoms with van der Waals surface area (Å²) in [5.41, 5.74) is 0.460. The van der Waals surface area contributed by atoms with E-state index in [4.69, 9.17) is 9.62 Å². The zero-order chi connectivity index (χ0) is 10.2. The Labute approximate surface area is 80.0 Å². The zero-order valence-electron chi connectivity index (χ0n) is 6.97. The molecule has 0 bridgehead atoms. The van der Waals surface area contributed by atoms with Crippen LogP contribution in [0.2, 0.25) is 0 Å². The maximum Gasteiger partial charge on any atom is 0.295 e. The third kappa shape index (κ3) is 1.39. The Bertz CT molecular complexity index is 524. The molecule has 0 atom stereocenters. The van der Waals surface area contributed by atoms with Gasteiger partial charge in [0, 0.05) is 11.5 Å². The van der Waals surface area contributed by atoms with Crippen LogP contribution in [0.1, 0.15) is 0 Å². The highest BCUT2D eigenvalue weighted by molar-refractivity contribution is 7.89. The predicted molar refractivity (Wildman–Crippen MR) is 48.3 cm³/mol. The number of fused-ring (bicyclic) bond motifs is 1. The summed E-state index contributed by atoms with van der Waals surface area (Å²) in [6.07, 6.45) is 0. The molecule has 1 heterocycles. The van der Waals surface area contributed by atoms with Crippen LogP contribution >= 0.6 is 0 Å². The van der Waals surface area contributed by atoms with E-state index < -0.39 is 10.0 Å². The molecule has 74 valence electrons. The van der Waals surface area contributed by atoms with E-state index in [1.807, 2.05) is 0 Å². The first-order chi connectivity index (χ1) is 6.63. The third-order valence-electron chi connectivity index (χ3n) is 1.79. The van der Waals surface area contributed by atoms with Gasteiger partial charge in [-0.1, -0.05) is 23.1 Å². The Hall–Kier alpha value is -1.37. The lowest BCUT2D eigenvalue weighted by Gasteiger charge is -1.93. The Kier molecular flexibility index (Phi) is 2.03. The molecule has 0 aliphatic rings. The minimum atomic E-state index is -3.92. The molecular formula is C8H7NO4S. The average molecular weight is 213 g/mol. The van der Waals surface area contributed by atoms with E-state index in [0.29, 0.717) is 11.0 Å². The summed E-state index contributed by atoms with van der Waals surface area (Å²) in [5.74, 6) is 0. The predicted octanol–water partition coefficient (Wildman–Crippen LogP) is 1.10. The molecule has 0 spiro atoms. The summed E-state index contributed by atoms with van der Waals surface area (Å²) < 4.78 is 27.2. The van der Waals surface area contributed by atoms with Crippen molar-refractivity contribution < 1.29 is 18.0 Å². The van der Waals surface area contributed by atoms with Gasteiger partial charge in [-0.25, -0.2) is 8.42 Å². The number of benzene rings is 1. The number of hydrogen-bond acceptors (Lipinski definition) is 4. The van der Waals surface area contributed by atoms with Gasteiger partial charge in [-0.15, -0.1) is 0 Å². The average Bonchev–Trinajstić information content (AvgIpc) is 2.61. The molecule has 0 saturated carbocycles. The number of para-hydroxylation sites is 1. The topological polar surface area (TPSA) is 79.5 Å². The molecule has 2 N–H and O–H groups in total. The van der Waals surface area contributed by atoms with Gasteiger partial charge in [0.15, 0.2) is 0 Å². The first-order valence-electron chi connectivity index (χ1n) is 3.78. The number of furan rings is 1. The van der Waals surface area contributed by atoms with Gasteiger partial charge in [0.25, 0.3) is 10.0 Å². The summed E-state index contributed by atoms with van der Waals surface area (Å²) in [5, 5.41) is 8.74. The van der Waals surface area contributed by atoms with Crippen molar-refractivity contribution in [2.24, 2.45) is 0 Å². The van der Waals surface area contributed by atoms with Crippen molar-refractivity contribution in [2.75, 3.05) is 0 Å². The Balaban J connectivity index is 2.67. The van der Waals surface area contributed by atoms with Crippen molar-refractivity contribution in [2.45, 2.75) is 5.09 Å². The van der Waals surface area contributed by atoms with Crippen LogP contribution in [0.4, 0.5) is 0 Å². The molecule has 0 radical (unpaired) electrons. The fourth-order valence-corrected chi connectivity index (χ4v) is 1.71. The van der Waals surface area contributed by atoms with E-state index in [1.54, 1.807) is 24.3 Å². The van der Waals surface area contributed by atoms with E-state index in [2.05, 4.69) is 0 Å². The second kappa shape index (κ2) is 3.09. The van der Waals surface area contributed by atoms with Gasteiger partial charge in [-0.3, -0.25) is 0 Å². The monoisotopic (exact) mass is 213 g/mol. The molecule has 0 amide bonds. The van der Waals surface area contributed by atoms with Crippen molar-refractivity contribution in [1.29, 1.82) is 0 Å². The second-order valence-corrected chi connectivity index (χ2v) is 4.29. The molecule has 1 aromatic carbocycles. The van der Waals surface area contributed by atoms with Crippen LogP contribution in [0, 0.1) is 0 Å². The largest absolute Gasteiger partial charge is 0.443 e. The SMILES string of the molecule is O=S(=O)(NO)c1cc2ccccc2o1. The van der Waals surface area contributed by atoms with Gasteiger partial charge >= 0.3 is 0 Å². The van der Waals surface area contributed by atoms with Crippen molar-refractivity contribution >= 4 is 21.0 Å². The Morgan fingerprint density at radius 2 is 2.00 bits per heavy atom. The van der Waals surface area contributed by atoms with E-state index in [-0.39, 0.29) is 5.09 Å². The number of hydrogen-bond donors (Lipinski definition) is 2. The van der Waals surface area contributed by atoms with Gasteiger partial charge < -0.3 is 9.62 Å². The molecular weight excluding hydrogens is 206 g/mol. The van der Waals surface area contributed by atoms with Crippen LogP contribution in [0.15, 0.2) is 39.8 Å². The summed E-state index contributed by atoms with van der Waals surface area (Å²) in [4.78, 5) is 1.20. The third-order valence-corrected chi connectivity index (χ3v) is 2.76. The normalized spacial score (nSPS) is 12.1. The molecule has 0 fully saturated rings. The van der Waals surface area contributed by atoms with E-state index in [1.165, 1.54) is 11.0 Å². The van der Waals surface area contributed by atoms with Crippen LogP contribution in [0.5, 0.6) is 0 Å². The van der Waals surface area contributed by atoms with Crippen molar-refractivity contribution in [3.63, 3.8) is 0 Å². The lowest BCUT2D eigenvalue weighted by Crippen LogP contribution is -2.18. The first-order valence-corrected chi connectivity index (χ1v) is 5.26. The van der Waals surface area contributed by atoms with Crippen molar-refractivity contribution in [1.82, 2.24) is 4.89 Å². The van der Waals surface area contributed by atoms with E-state index in [0.717, 1.165) is 0 Å².